The highest BCUT2D eigenvalue weighted by molar-refractivity contribution is 5.92. The summed E-state index contributed by atoms with van der Waals surface area (Å²) < 4.78 is 0. The summed E-state index contributed by atoms with van der Waals surface area (Å²) in [6, 6.07) is 7.87. The fraction of sp³-hybridized carbons (Fsp3) is 0.429. The van der Waals surface area contributed by atoms with Gasteiger partial charge in [-0.2, -0.15) is 5.26 Å². The summed E-state index contributed by atoms with van der Waals surface area (Å²) in [6.45, 7) is 4.14. The van der Waals surface area contributed by atoms with Gasteiger partial charge < -0.3 is 5.32 Å². The van der Waals surface area contributed by atoms with Crippen molar-refractivity contribution in [3.05, 3.63) is 29.3 Å². The molecule has 0 aliphatic heterocycles. The Labute approximate surface area is 102 Å². The molecule has 0 aliphatic carbocycles. The second-order valence-corrected chi connectivity index (χ2v) is 4.14. The second-order valence-electron chi connectivity index (χ2n) is 4.14. The van der Waals surface area contributed by atoms with E-state index in [4.69, 9.17) is 5.26 Å². The molecule has 0 radical (unpaired) electrons. The van der Waals surface area contributed by atoms with Gasteiger partial charge in [0, 0.05) is 5.69 Å². The first-order valence-corrected chi connectivity index (χ1v) is 5.93. The highest BCUT2D eigenvalue weighted by Crippen LogP contribution is 2.18. The number of nitriles is 1. The molecule has 3 heteroatoms. The Kier molecular flexibility index (Phi) is 5.22. The van der Waals surface area contributed by atoms with Gasteiger partial charge in [-0.15, -0.1) is 0 Å². The molecular formula is C14H18N2O. The van der Waals surface area contributed by atoms with E-state index in [1.165, 1.54) is 18.4 Å². The first-order valence-electron chi connectivity index (χ1n) is 5.93. The molecule has 90 valence electrons. The molecule has 0 heterocycles. The maximum Gasteiger partial charge on any atom is 0.238 e. The second kappa shape index (κ2) is 6.70. The third-order valence-electron chi connectivity index (χ3n) is 2.62. The minimum atomic E-state index is -0.253. The zero-order valence-electron chi connectivity index (χ0n) is 10.4. The SMILES string of the molecule is CCCCc1ccc(NC(=O)CC#N)c(C)c1. The van der Waals surface area contributed by atoms with Crippen molar-refractivity contribution in [1.29, 1.82) is 5.26 Å². The maximum atomic E-state index is 11.3. The fourth-order valence-electron chi connectivity index (χ4n) is 1.67. The average Bonchev–Trinajstić information content (AvgIpc) is 2.30. The predicted octanol–water partition coefficient (Wildman–Crippen LogP) is 3.19. The van der Waals surface area contributed by atoms with E-state index in [0.717, 1.165) is 17.7 Å². The maximum absolute atomic E-state index is 11.3. The number of anilines is 1. The molecule has 1 amide bonds. The van der Waals surface area contributed by atoms with Gasteiger partial charge in [-0.25, -0.2) is 0 Å². The Bertz CT molecular complexity index is 432. The zero-order valence-corrected chi connectivity index (χ0v) is 10.4. The molecule has 0 atom stereocenters. The molecular weight excluding hydrogens is 212 g/mol. The minimum absolute atomic E-state index is 0.100. The van der Waals surface area contributed by atoms with Crippen LogP contribution in [0.5, 0.6) is 0 Å². The van der Waals surface area contributed by atoms with Crippen LogP contribution in [-0.4, -0.2) is 5.91 Å². The van der Waals surface area contributed by atoms with Crippen molar-refractivity contribution in [3.8, 4) is 6.07 Å². The van der Waals surface area contributed by atoms with Crippen molar-refractivity contribution in [1.82, 2.24) is 0 Å². The molecule has 0 saturated heterocycles. The van der Waals surface area contributed by atoms with E-state index in [-0.39, 0.29) is 12.3 Å². The Balaban J connectivity index is 2.69. The Morgan fingerprint density at radius 3 is 2.82 bits per heavy atom. The number of nitrogens with one attached hydrogen (secondary N) is 1. The van der Waals surface area contributed by atoms with E-state index < -0.39 is 0 Å². The molecule has 0 spiro atoms. The summed E-state index contributed by atoms with van der Waals surface area (Å²) in [7, 11) is 0. The number of hydrogen-bond acceptors (Lipinski definition) is 2. The summed E-state index contributed by atoms with van der Waals surface area (Å²) in [4.78, 5) is 11.3. The van der Waals surface area contributed by atoms with E-state index in [1.807, 2.05) is 25.1 Å². The molecule has 0 saturated carbocycles. The summed E-state index contributed by atoms with van der Waals surface area (Å²) in [6.07, 6.45) is 3.33. The Morgan fingerprint density at radius 1 is 1.47 bits per heavy atom. The smallest absolute Gasteiger partial charge is 0.238 e. The van der Waals surface area contributed by atoms with Crippen LogP contribution in [0.1, 0.15) is 37.3 Å². The van der Waals surface area contributed by atoms with Gasteiger partial charge in [0.05, 0.1) is 6.07 Å². The molecule has 1 N–H and O–H groups in total. The Morgan fingerprint density at radius 2 is 2.24 bits per heavy atom. The lowest BCUT2D eigenvalue weighted by molar-refractivity contribution is -0.115. The monoisotopic (exact) mass is 230 g/mol. The number of amides is 1. The molecule has 17 heavy (non-hydrogen) atoms. The van der Waals surface area contributed by atoms with E-state index in [0.29, 0.717) is 0 Å². The topological polar surface area (TPSA) is 52.9 Å². The molecule has 0 aromatic heterocycles. The molecule has 0 fully saturated rings. The molecule has 3 nitrogen and oxygen atoms in total. The standard InChI is InChI=1S/C14H18N2O/c1-3-4-5-12-6-7-13(11(2)10-12)16-14(17)8-9-15/h6-7,10H,3-5,8H2,1-2H3,(H,16,17). The van der Waals surface area contributed by atoms with Crippen molar-refractivity contribution >= 4 is 11.6 Å². The van der Waals surface area contributed by atoms with Crippen molar-refractivity contribution < 1.29 is 4.79 Å². The van der Waals surface area contributed by atoms with Crippen LogP contribution in [0, 0.1) is 18.3 Å². The summed E-state index contributed by atoms with van der Waals surface area (Å²) >= 11 is 0. The van der Waals surface area contributed by atoms with Gasteiger partial charge in [-0.1, -0.05) is 25.5 Å². The van der Waals surface area contributed by atoms with Crippen LogP contribution in [0.2, 0.25) is 0 Å². The van der Waals surface area contributed by atoms with E-state index >= 15 is 0 Å². The van der Waals surface area contributed by atoms with Gasteiger partial charge >= 0.3 is 0 Å². The molecule has 0 bridgehead atoms. The average molecular weight is 230 g/mol. The summed E-state index contributed by atoms with van der Waals surface area (Å²) in [5.74, 6) is -0.253. The molecule has 0 unspecified atom stereocenters. The van der Waals surface area contributed by atoms with Gasteiger partial charge in [0.2, 0.25) is 5.91 Å². The number of nitrogens with zero attached hydrogens (tertiary/aromatic N) is 1. The molecule has 1 aromatic rings. The number of rotatable bonds is 5. The normalized spacial score (nSPS) is 9.71. The lowest BCUT2D eigenvalue weighted by atomic mass is 10.0. The van der Waals surface area contributed by atoms with Gasteiger partial charge in [0.1, 0.15) is 6.42 Å². The molecule has 1 aromatic carbocycles. The van der Waals surface area contributed by atoms with Crippen molar-refractivity contribution in [2.75, 3.05) is 5.32 Å². The van der Waals surface area contributed by atoms with Crippen LogP contribution in [0.3, 0.4) is 0 Å². The van der Waals surface area contributed by atoms with Crippen molar-refractivity contribution in [3.63, 3.8) is 0 Å². The summed E-state index contributed by atoms with van der Waals surface area (Å²) in [5.41, 5.74) is 3.14. The van der Waals surface area contributed by atoms with Gasteiger partial charge in [-0.05, 0) is 37.0 Å². The molecule has 0 aliphatic rings. The van der Waals surface area contributed by atoms with E-state index in [9.17, 15) is 4.79 Å². The van der Waals surface area contributed by atoms with E-state index in [2.05, 4.69) is 18.3 Å². The quantitative estimate of drug-likeness (QED) is 0.844. The first-order chi connectivity index (χ1) is 8.17. The summed E-state index contributed by atoms with van der Waals surface area (Å²) in [5, 5.41) is 11.1. The van der Waals surface area contributed by atoms with E-state index in [1.54, 1.807) is 0 Å². The van der Waals surface area contributed by atoms with Crippen LogP contribution in [0.25, 0.3) is 0 Å². The van der Waals surface area contributed by atoms with Crippen LogP contribution in [0.15, 0.2) is 18.2 Å². The largest absolute Gasteiger partial charge is 0.325 e. The fourth-order valence-corrected chi connectivity index (χ4v) is 1.67. The van der Waals surface area contributed by atoms with Crippen LogP contribution in [0.4, 0.5) is 5.69 Å². The van der Waals surface area contributed by atoms with Gasteiger partial charge in [0.15, 0.2) is 0 Å². The number of aryl methyl sites for hydroxylation is 2. The predicted molar refractivity (Wildman–Crippen MR) is 68.7 cm³/mol. The van der Waals surface area contributed by atoms with Crippen LogP contribution in [-0.2, 0) is 11.2 Å². The number of carbonyl (C=O) groups is 1. The highest BCUT2D eigenvalue weighted by Gasteiger charge is 2.04. The lowest BCUT2D eigenvalue weighted by Gasteiger charge is -2.09. The third-order valence-corrected chi connectivity index (χ3v) is 2.62. The van der Waals surface area contributed by atoms with Gasteiger partial charge in [-0.3, -0.25) is 4.79 Å². The number of carbonyl (C=O) groups excluding carboxylic acids is 1. The number of hydrogen-bond donors (Lipinski definition) is 1. The van der Waals surface area contributed by atoms with Crippen molar-refractivity contribution in [2.45, 2.75) is 39.5 Å². The van der Waals surface area contributed by atoms with Crippen LogP contribution >= 0.6 is 0 Å². The highest BCUT2D eigenvalue weighted by atomic mass is 16.1. The van der Waals surface area contributed by atoms with Crippen LogP contribution < -0.4 is 5.32 Å². The first kappa shape index (κ1) is 13.2. The Hall–Kier alpha value is -1.82. The number of unbranched alkanes of at least 4 members (excludes halogenated alkanes) is 1. The van der Waals surface area contributed by atoms with Gasteiger partial charge in [0.25, 0.3) is 0 Å². The lowest BCUT2D eigenvalue weighted by Crippen LogP contribution is -2.11. The minimum Gasteiger partial charge on any atom is -0.325 e. The number of benzene rings is 1. The third kappa shape index (κ3) is 4.28. The molecule has 1 rings (SSSR count). The zero-order chi connectivity index (χ0) is 12.7. The van der Waals surface area contributed by atoms with Crippen molar-refractivity contribution in [2.24, 2.45) is 0 Å².